The number of rotatable bonds is 3. The summed E-state index contributed by atoms with van der Waals surface area (Å²) in [5, 5.41) is 2.23. The maximum atomic E-state index is 12.1. The summed E-state index contributed by atoms with van der Waals surface area (Å²) in [5.41, 5.74) is 4.38. The smallest absolute Gasteiger partial charge is 0.252 e. The zero-order valence-electron chi connectivity index (χ0n) is 11.4. The first-order valence-electron chi connectivity index (χ1n) is 5.98. The molecule has 0 aromatic heterocycles. The van der Waals surface area contributed by atoms with Crippen molar-refractivity contribution in [3.8, 4) is 0 Å². The van der Waals surface area contributed by atoms with Crippen molar-refractivity contribution in [2.75, 3.05) is 6.54 Å². The van der Waals surface area contributed by atoms with Gasteiger partial charge in [-0.1, -0.05) is 0 Å². The molecule has 0 aliphatic carbocycles. The first-order valence-corrected chi connectivity index (χ1v) is 5.98. The monoisotopic (exact) mass is 255 g/mol. The van der Waals surface area contributed by atoms with Crippen molar-refractivity contribution in [1.82, 2.24) is 10.2 Å². The van der Waals surface area contributed by atoms with Crippen LogP contribution >= 0.6 is 0 Å². The average molecular weight is 255 g/mol. The lowest BCUT2D eigenvalue weighted by atomic mass is 9.95. The van der Waals surface area contributed by atoms with E-state index in [1.165, 1.54) is 4.90 Å². The maximum absolute atomic E-state index is 12.1. The van der Waals surface area contributed by atoms with Crippen molar-refractivity contribution >= 4 is 17.7 Å². The third-order valence-electron chi connectivity index (χ3n) is 3.07. The Kier molecular flexibility index (Phi) is 3.81. The van der Waals surface area contributed by atoms with Gasteiger partial charge in [-0.2, -0.15) is 0 Å². The predicted octanol–water partition coefficient (Wildman–Crippen LogP) is -0.232. The number of piperazine rings is 1. The standard InChI is InChI=1S/C12H21N3O3/c1-11(2,13)6-5-9(17)15-7-8(16)14-10(18)12(15,3)4/h5-7,13H2,1-4H3,(H,14,16,18). The average Bonchev–Trinajstić information content (AvgIpc) is 2.19. The van der Waals surface area contributed by atoms with Gasteiger partial charge in [-0.15, -0.1) is 0 Å². The third-order valence-corrected chi connectivity index (χ3v) is 3.07. The molecule has 0 unspecified atom stereocenters. The fourth-order valence-corrected chi connectivity index (χ4v) is 1.75. The number of nitrogens with zero attached hydrogens (tertiary/aromatic N) is 1. The highest BCUT2D eigenvalue weighted by Crippen LogP contribution is 2.20. The minimum atomic E-state index is -0.996. The van der Waals surface area contributed by atoms with Gasteiger partial charge in [0.05, 0.1) is 0 Å². The number of amides is 3. The van der Waals surface area contributed by atoms with E-state index in [4.69, 9.17) is 5.73 Å². The van der Waals surface area contributed by atoms with Crippen LogP contribution in [0.25, 0.3) is 0 Å². The number of carbonyl (C=O) groups excluding carboxylic acids is 3. The molecule has 0 bridgehead atoms. The highest BCUT2D eigenvalue weighted by atomic mass is 16.2. The fourth-order valence-electron chi connectivity index (χ4n) is 1.75. The largest absolute Gasteiger partial charge is 0.326 e. The zero-order chi connectivity index (χ0) is 14.1. The summed E-state index contributed by atoms with van der Waals surface area (Å²) in [6.07, 6.45) is 0.738. The van der Waals surface area contributed by atoms with E-state index in [9.17, 15) is 14.4 Å². The molecule has 0 radical (unpaired) electrons. The van der Waals surface area contributed by atoms with E-state index in [-0.39, 0.29) is 18.9 Å². The molecule has 0 aromatic rings. The lowest BCUT2D eigenvalue weighted by molar-refractivity contribution is -0.155. The molecule has 0 atom stereocenters. The van der Waals surface area contributed by atoms with Gasteiger partial charge in [0.25, 0.3) is 5.91 Å². The fraction of sp³-hybridized carbons (Fsp3) is 0.750. The molecule has 0 saturated carbocycles. The minimum absolute atomic E-state index is 0.0808. The van der Waals surface area contributed by atoms with E-state index in [0.29, 0.717) is 6.42 Å². The van der Waals surface area contributed by atoms with E-state index in [1.54, 1.807) is 13.8 Å². The summed E-state index contributed by atoms with van der Waals surface area (Å²) in [5.74, 6) is -1.11. The molecule has 1 aliphatic heterocycles. The molecule has 0 spiro atoms. The Morgan fingerprint density at radius 1 is 1.44 bits per heavy atom. The SMILES string of the molecule is CC(C)(N)CCC(=O)N1CC(=O)NC(=O)C1(C)C. The van der Waals surface area contributed by atoms with Crippen molar-refractivity contribution in [1.29, 1.82) is 0 Å². The lowest BCUT2D eigenvalue weighted by Crippen LogP contribution is -2.65. The number of hydrogen-bond donors (Lipinski definition) is 2. The summed E-state index contributed by atoms with van der Waals surface area (Å²) >= 11 is 0. The number of nitrogens with one attached hydrogen (secondary N) is 1. The van der Waals surface area contributed by atoms with Crippen LogP contribution in [0.15, 0.2) is 0 Å². The number of imide groups is 1. The van der Waals surface area contributed by atoms with Crippen molar-refractivity contribution < 1.29 is 14.4 Å². The molecule has 1 fully saturated rings. The van der Waals surface area contributed by atoms with Crippen molar-refractivity contribution in [2.24, 2.45) is 5.73 Å². The molecule has 1 aliphatic rings. The Morgan fingerprint density at radius 3 is 2.50 bits per heavy atom. The van der Waals surface area contributed by atoms with Gasteiger partial charge < -0.3 is 10.6 Å². The normalized spacial score (nSPS) is 19.7. The molecule has 6 nitrogen and oxygen atoms in total. The van der Waals surface area contributed by atoms with Gasteiger partial charge in [-0.05, 0) is 34.1 Å². The lowest BCUT2D eigenvalue weighted by Gasteiger charge is -2.40. The summed E-state index contributed by atoms with van der Waals surface area (Å²) in [6.45, 7) is 6.84. The van der Waals surface area contributed by atoms with Gasteiger partial charge in [0.2, 0.25) is 11.8 Å². The van der Waals surface area contributed by atoms with Crippen molar-refractivity contribution in [3.05, 3.63) is 0 Å². The topological polar surface area (TPSA) is 92.5 Å². The van der Waals surface area contributed by atoms with Gasteiger partial charge in [-0.3, -0.25) is 19.7 Å². The third kappa shape index (κ3) is 3.29. The number of hydrogen-bond acceptors (Lipinski definition) is 4. The zero-order valence-corrected chi connectivity index (χ0v) is 11.4. The molecule has 6 heteroatoms. The molecular weight excluding hydrogens is 234 g/mol. The molecule has 1 rings (SSSR count). The molecule has 3 amide bonds. The molecule has 1 saturated heterocycles. The number of carbonyl (C=O) groups is 3. The second kappa shape index (κ2) is 4.68. The Morgan fingerprint density at radius 2 is 2.00 bits per heavy atom. The van der Waals surface area contributed by atoms with E-state index in [1.807, 2.05) is 13.8 Å². The second-order valence-electron chi connectivity index (χ2n) is 5.90. The highest BCUT2D eigenvalue weighted by molar-refractivity contribution is 6.06. The first kappa shape index (κ1) is 14.6. The maximum Gasteiger partial charge on any atom is 0.252 e. The summed E-state index contributed by atoms with van der Waals surface area (Å²) in [6, 6.07) is 0. The van der Waals surface area contributed by atoms with Gasteiger partial charge in [0, 0.05) is 12.0 Å². The Balaban J connectivity index is 2.76. The quantitative estimate of drug-likeness (QED) is 0.681. The summed E-state index contributed by atoms with van der Waals surface area (Å²) in [4.78, 5) is 36.4. The molecule has 0 aromatic carbocycles. The predicted molar refractivity (Wildman–Crippen MR) is 66.4 cm³/mol. The summed E-state index contributed by atoms with van der Waals surface area (Å²) in [7, 11) is 0. The van der Waals surface area contributed by atoms with E-state index in [2.05, 4.69) is 5.32 Å². The Hall–Kier alpha value is -1.43. The van der Waals surface area contributed by atoms with Crippen molar-refractivity contribution in [2.45, 2.75) is 51.6 Å². The van der Waals surface area contributed by atoms with Crippen LogP contribution < -0.4 is 11.1 Å². The van der Waals surface area contributed by atoms with Gasteiger partial charge in [0.15, 0.2) is 0 Å². The molecular formula is C12H21N3O3. The number of nitrogens with two attached hydrogens (primary N) is 1. The van der Waals surface area contributed by atoms with Crippen LogP contribution in [-0.2, 0) is 14.4 Å². The van der Waals surface area contributed by atoms with Crippen LogP contribution in [0.3, 0.4) is 0 Å². The van der Waals surface area contributed by atoms with Crippen LogP contribution in [0.1, 0.15) is 40.5 Å². The molecule has 1 heterocycles. The van der Waals surface area contributed by atoms with Gasteiger partial charge >= 0.3 is 0 Å². The van der Waals surface area contributed by atoms with Gasteiger partial charge in [-0.25, -0.2) is 0 Å². The Bertz CT molecular complexity index is 383. The summed E-state index contributed by atoms with van der Waals surface area (Å²) < 4.78 is 0. The van der Waals surface area contributed by atoms with E-state index < -0.39 is 22.9 Å². The second-order valence-corrected chi connectivity index (χ2v) is 5.90. The minimum Gasteiger partial charge on any atom is -0.326 e. The van der Waals surface area contributed by atoms with Crippen LogP contribution in [0, 0.1) is 0 Å². The molecule has 3 N–H and O–H groups in total. The van der Waals surface area contributed by atoms with E-state index in [0.717, 1.165) is 0 Å². The molecule has 102 valence electrons. The van der Waals surface area contributed by atoms with Crippen LogP contribution in [-0.4, -0.2) is 40.2 Å². The molecule has 18 heavy (non-hydrogen) atoms. The van der Waals surface area contributed by atoms with Crippen LogP contribution in [0.2, 0.25) is 0 Å². The van der Waals surface area contributed by atoms with Crippen LogP contribution in [0.4, 0.5) is 0 Å². The Labute approximate surface area is 107 Å². The first-order chi connectivity index (χ1) is 8.04. The van der Waals surface area contributed by atoms with Crippen molar-refractivity contribution in [3.63, 3.8) is 0 Å². The highest BCUT2D eigenvalue weighted by Gasteiger charge is 2.43. The van der Waals surface area contributed by atoms with Gasteiger partial charge in [0.1, 0.15) is 12.1 Å². The van der Waals surface area contributed by atoms with Crippen LogP contribution in [0.5, 0.6) is 0 Å². The van der Waals surface area contributed by atoms with E-state index >= 15 is 0 Å².